The fraction of sp³-hybridized carbons (Fsp3) is 0.526. The van der Waals surface area contributed by atoms with Crippen molar-refractivity contribution in [1.82, 2.24) is 19.9 Å². The molecule has 0 spiro atoms. The van der Waals surface area contributed by atoms with Gasteiger partial charge in [-0.3, -0.25) is 9.88 Å². The van der Waals surface area contributed by atoms with Crippen molar-refractivity contribution in [1.29, 1.82) is 0 Å². The van der Waals surface area contributed by atoms with Gasteiger partial charge in [0.15, 0.2) is 0 Å². The van der Waals surface area contributed by atoms with E-state index < -0.39 is 0 Å². The number of aromatic nitrogens is 3. The van der Waals surface area contributed by atoms with Gasteiger partial charge in [-0.05, 0) is 53.5 Å². The average molecular weight is 433 g/mol. The van der Waals surface area contributed by atoms with Crippen LogP contribution in [0.25, 0.3) is 0 Å². The molecule has 1 N–H and O–H groups in total. The number of nitrogens with one attached hydrogen (secondary N) is 1. The number of pyridine rings is 1. The molecule has 2 aliphatic heterocycles. The molecule has 4 heterocycles. The molecule has 0 amide bonds. The third-order valence-electron chi connectivity index (χ3n) is 4.97. The highest BCUT2D eigenvalue weighted by Gasteiger charge is 2.21. The van der Waals surface area contributed by atoms with Gasteiger partial charge in [-0.2, -0.15) is 4.98 Å². The number of rotatable bonds is 5. The van der Waals surface area contributed by atoms with Gasteiger partial charge in [-0.15, -0.1) is 0 Å². The number of nitrogens with zero attached hydrogens (tertiary/aromatic N) is 5. The standard InChI is InChI=1S/C19H25BrN6O/c20-15-3-4-16(22-12-15)13-25-7-1-2-17(14-25)23-18-5-6-21-19(24-18)26-8-10-27-11-9-26/h3-6,12,17H,1-2,7-11,13-14H2,(H,21,23,24). The normalized spacial score (nSPS) is 21.2. The lowest BCUT2D eigenvalue weighted by atomic mass is 10.1. The van der Waals surface area contributed by atoms with Crippen LogP contribution in [0.15, 0.2) is 35.1 Å². The Morgan fingerprint density at radius 1 is 1.15 bits per heavy atom. The first-order valence-electron chi connectivity index (χ1n) is 9.51. The van der Waals surface area contributed by atoms with E-state index >= 15 is 0 Å². The quantitative estimate of drug-likeness (QED) is 0.778. The maximum absolute atomic E-state index is 5.41. The summed E-state index contributed by atoms with van der Waals surface area (Å²) in [5.74, 6) is 1.69. The molecule has 27 heavy (non-hydrogen) atoms. The summed E-state index contributed by atoms with van der Waals surface area (Å²) in [4.78, 5) is 18.3. The van der Waals surface area contributed by atoms with Crippen LogP contribution in [0.5, 0.6) is 0 Å². The molecule has 2 aromatic rings. The summed E-state index contributed by atoms with van der Waals surface area (Å²) in [5.41, 5.74) is 1.11. The molecule has 4 rings (SSSR count). The van der Waals surface area contributed by atoms with Gasteiger partial charge in [-0.25, -0.2) is 4.98 Å². The van der Waals surface area contributed by atoms with Gasteiger partial charge in [0.05, 0.1) is 18.9 Å². The fourth-order valence-electron chi connectivity index (χ4n) is 3.60. The van der Waals surface area contributed by atoms with Crippen molar-refractivity contribution in [2.75, 3.05) is 49.6 Å². The van der Waals surface area contributed by atoms with Gasteiger partial charge in [0, 0.05) is 49.1 Å². The number of likely N-dealkylation sites (tertiary alicyclic amines) is 1. The highest BCUT2D eigenvalue weighted by molar-refractivity contribution is 9.10. The van der Waals surface area contributed by atoms with Crippen molar-refractivity contribution >= 4 is 27.7 Å². The van der Waals surface area contributed by atoms with Crippen LogP contribution in [0.2, 0.25) is 0 Å². The largest absolute Gasteiger partial charge is 0.378 e. The first-order chi connectivity index (χ1) is 13.3. The predicted octanol–water partition coefficient (Wildman–Crippen LogP) is 2.55. The van der Waals surface area contributed by atoms with E-state index in [-0.39, 0.29) is 0 Å². The van der Waals surface area contributed by atoms with Crippen LogP contribution in [-0.4, -0.2) is 65.3 Å². The van der Waals surface area contributed by atoms with Crippen LogP contribution in [0, 0.1) is 0 Å². The van der Waals surface area contributed by atoms with Crippen molar-refractivity contribution in [3.8, 4) is 0 Å². The molecule has 0 saturated carbocycles. The number of ether oxygens (including phenoxy) is 1. The third-order valence-corrected chi connectivity index (χ3v) is 5.44. The highest BCUT2D eigenvalue weighted by Crippen LogP contribution is 2.19. The molecule has 2 saturated heterocycles. The maximum Gasteiger partial charge on any atom is 0.227 e. The predicted molar refractivity (Wildman–Crippen MR) is 109 cm³/mol. The zero-order valence-electron chi connectivity index (χ0n) is 15.4. The molecule has 1 atom stereocenters. The summed E-state index contributed by atoms with van der Waals surface area (Å²) in [6.07, 6.45) is 6.03. The molecule has 0 bridgehead atoms. The Morgan fingerprint density at radius 2 is 2.04 bits per heavy atom. The van der Waals surface area contributed by atoms with Crippen molar-refractivity contribution in [3.05, 3.63) is 40.8 Å². The maximum atomic E-state index is 5.41. The Bertz CT molecular complexity index is 737. The SMILES string of the molecule is Brc1ccc(CN2CCCC(Nc3ccnc(N4CCOCC4)n3)C2)nc1. The molecule has 2 aromatic heterocycles. The number of hydrogen-bond acceptors (Lipinski definition) is 7. The number of piperidine rings is 1. The number of anilines is 2. The number of halogens is 1. The summed E-state index contributed by atoms with van der Waals surface area (Å²) >= 11 is 3.44. The van der Waals surface area contributed by atoms with Gasteiger partial charge in [0.1, 0.15) is 5.82 Å². The molecule has 2 fully saturated rings. The lowest BCUT2D eigenvalue weighted by molar-refractivity contribution is 0.122. The highest BCUT2D eigenvalue weighted by atomic mass is 79.9. The van der Waals surface area contributed by atoms with Gasteiger partial charge >= 0.3 is 0 Å². The lowest BCUT2D eigenvalue weighted by Gasteiger charge is -2.33. The summed E-state index contributed by atoms with van der Waals surface area (Å²) < 4.78 is 6.43. The second-order valence-electron chi connectivity index (χ2n) is 7.03. The van der Waals surface area contributed by atoms with E-state index in [1.165, 1.54) is 6.42 Å². The molecular formula is C19H25BrN6O. The zero-order chi connectivity index (χ0) is 18.5. The summed E-state index contributed by atoms with van der Waals surface area (Å²) in [5, 5.41) is 3.61. The Labute approximate surface area is 168 Å². The Morgan fingerprint density at radius 3 is 2.85 bits per heavy atom. The van der Waals surface area contributed by atoms with Crippen molar-refractivity contribution in [2.45, 2.75) is 25.4 Å². The first kappa shape index (κ1) is 18.6. The number of morpholine rings is 1. The van der Waals surface area contributed by atoms with Crippen LogP contribution in [0.3, 0.4) is 0 Å². The van der Waals surface area contributed by atoms with Gasteiger partial charge < -0.3 is 15.0 Å². The minimum Gasteiger partial charge on any atom is -0.378 e. The Balaban J connectivity index is 1.35. The van der Waals surface area contributed by atoms with Crippen molar-refractivity contribution < 1.29 is 4.74 Å². The molecule has 8 heteroatoms. The summed E-state index contributed by atoms with van der Waals surface area (Å²) in [6.45, 7) is 6.16. The average Bonchev–Trinajstić information content (AvgIpc) is 2.71. The minimum atomic E-state index is 0.390. The van der Waals surface area contributed by atoms with Crippen LogP contribution in [0.1, 0.15) is 18.5 Å². The van der Waals surface area contributed by atoms with Gasteiger partial charge in [0.2, 0.25) is 5.95 Å². The summed E-state index contributed by atoms with van der Waals surface area (Å²) in [7, 11) is 0. The third kappa shape index (κ3) is 5.15. The van der Waals surface area contributed by atoms with E-state index in [2.05, 4.69) is 53.1 Å². The second kappa shape index (κ2) is 8.95. The molecule has 1 unspecified atom stereocenters. The van der Waals surface area contributed by atoms with E-state index in [0.29, 0.717) is 6.04 Å². The minimum absolute atomic E-state index is 0.390. The monoisotopic (exact) mass is 432 g/mol. The second-order valence-corrected chi connectivity index (χ2v) is 7.94. The molecule has 2 aliphatic rings. The van der Waals surface area contributed by atoms with E-state index in [1.54, 1.807) is 0 Å². The van der Waals surface area contributed by atoms with E-state index in [0.717, 1.165) is 74.3 Å². The fourth-order valence-corrected chi connectivity index (χ4v) is 3.83. The molecule has 0 aromatic carbocycles. The first-order valence-corrected chi connectivity index (χ1v) is 10.3. The van der Waals surface area contributed by atoms with Crippen LogP contribution in [0.4, 0.5) is 11.8 Å². The van der Waals surface area contributed by atoms with E-state index in [9.17, 15) is 0 Å². The molecule has 7 nitrogen and oxygen atoms in total. The topological polar surface area (TPSA) is 66.4 Å². The lowest BCUT2D eigenvalue weighted by Crippen LogP contribution is -2.42. The van der Waals surface area contributed by atoms with E-state index in [1.807, 2.05) is 18.5 Å². The zero-order valence-corrected chi connectivity index (χ0v) is 16.9. The summed E-state index contributed by atoms with van der Waals surface area (Å²) in [6, 6.07) is 6.48. The van der Waals surface area contributed by atoms with Crippen LogP contribution < -0.4 is 10.2 Å². The molecule has 0 radical (unpaired) electrons. The smallest absolute Gasteiger partial charge is 0.227 e. The molecule has 144 valence electrons. The Hall–Kier alpha value is -1.77. The number of hydrogen-bond donors (Lipinski definition) is 1. The Kier molecular flexibility index (Phi) is 6.16. The van der Waals surface area contributed by atoms with Crippen molar-refractivity contribution in [2.24, 2.45) is 0 Å². The van der Waals surface area contributed by atoms with E-state index in [4.69, 9.17) is 9.72 Å². The van der Waals surface area contributed by atoms with Crippen LogP contribution >= 0.6 is 15.9 Å². The van der Waals surface area contributed by atoms with Gasteiger partial charge in [0.25, 0.3) is 0 Å². The van der Waals surface area contributed by atoms with Crippen molar-refractivity contribution in [3.63, 3.8) is 0 Å². The molecule has 0 aliphatic carbocycles. The van der Waals surface area contributed by atoms with Gasteiger partial charge in [-0.1, -0.05) is 0 Å². The van der Waals surface area contributed by atoms with Crippen LogP contribution in [-0.2, 0) is 11.3 Å². The molecular weight excluding hydrogens is 408 g/mol.